The lowest BCUT2D eigenvalue weighted by atomic mass is 10.2. The summed E-state index contributed by atoms with van der Waals surface area (Å²) in [5.41, 5.74) is 6.30. The highest BCUT2D eigenvalue weighted by Gasteiger charge is 2.08. The lowest BCUT2D eigenvalue weighted by Crippen LogP contribution is -2.07. The van der Waals surface area contributed by atoms with E-state index in [9.17, 15) is 4.79 Å². The van der Waals surface area contributed by atoms with Gasteiger partial charge in [0.05, 0.1) is 18.4 Å². The fraction of sp³-hybridized carbons (Fsp3) is 0.222. The highest BCUT2D eigenvalue weighted by molar-refractivity contribution is 5.89. The van der Waals surface area contributed by atoms with Crippen molar-refractivity contribution in [2.24, 2.45) is 5.73 Å². The molecule has 2 N–H and O–H groups in total. The number of carbonyl (C=O) groups excluding carboxylic acids is 1. The summed E-state index contributed by atoms with van der Waals surface area (Å²) < 4.78 is 4.52. The lowest BCUT2D eigenvalue weighted by molar-refractivity contribution is 0.0600. The maximum absolute atomic E-state index is 11.1. The first-order chi connectivity index (χ1) is 6.71. The van der Waals surface area contributed by atoms with Crippen molar-refractivity contribution in [1.82, 2.24) is 4.98 Å². The molecule has 1 heterocycles. The smallest absolute Gasteiger partial charge is 0.338 e. The highest BCUT2D eigenvalue weighted by atomic mass is 16.5. The molecule has 0 aliphatic rings. The molecule has 1 aromatic heterocycles. The van der Waals surface area contributed by atoms with Gasteiger partial charge in [0.15, 0.2) is 0 Å². The van der Waals surface area contributed by atoms with Crippen molar-refractivity contribution in [3.8, 4) is 6.07 Å². The first-order valence-corrected chi connectivity index (χ1v) is 3.90. The van der Waals surface area contributed by atoms with E-state index in [0.29, 0.717) is 11.3 Å². The maximum atomic E-state index is 11.1. The minimum Gasteiger partial charge on any atom is -0.465 e. The zero-order valence-corrected chi connectivity index (χ0v) is 7.65. The van der Waals surface area contributed by atoms with Crippen LogP contribution in [0.3, 0.4) is 0 Å². The largest absolute Gasteiger partial charge is 0.465 e. The van der Waals surface area contributed by atoms with Crippen LogP contribution in [0.2, 0.25) is 0 Å². The van der Waals surface area contributed by atoms with Crippen LogP contribution in [0.4, 0.5) is 0 Å². The van der Waals surface area contributed by atoms with Gasteiger partial charge in [-0.2, -0.15) is 5.26 Å². The average molecular weight is 191 g/mol. The molecule has 5 heteroatoms. The molecule has 0 radical (unpaired) electrons. The highest BCUT2D eigenvalue weighted by Crippen LogP contribution is 2.06. The van der Waals surface area contributed by atoms with E-state index in [1.54, 1.807) is 0 Å². The molecule has 0 spiro atoms. The van der Waals surface area contributed by atoms with Gasteiger partial charge in [-0.1, -0.05) is 0 Å². The Morgan fingerprint density at radius 1 is 1.71 bits per heavy atom. The SMILES string of the molecule is COC(=O)c1cc(C#N)nc(CN)c1. The average Bonchev–Trinajstić information content (AvgIpc) is 2.27. The zero-order chi connectivity index (χ0) is 10.6. The van der Waals surface area contributed by atoms with Gasteiger partial charge in [-0.05, 0) is 12.1 Å². The summed E-state index contributed by atoms with van der Waals surface area (Å²) in [7, 11) is 1.27. The van der Waals surface area contributed by atoms with Crippen LogP contribution >= 0.6 is 0 Å². The number of esters is 1. The minimum atomic E-state index is -0.501. The molecular weight excluding hydrogens is 182 g/mol. The van der Waals surface area contributed by atoms with E-state index in [-0.39, 0.29) is 12.2 Å². The van der Waals surface area contributed by atoms with Crippen molar-refractivity contribution in [3.05, 3.63) is 29.1 Å². The first kappa shape index (κ1) is 10.2. The third kappa shape index (κ3) is 2.06. The number of carbonyl (C=O) groups is 1. The van der Waals surface area contributed by atoms with E-state index < -0.39 is 5.97 Å². The van der Waals surface area contributed by atoms with Crippen LogP contribution in [0.1, 0.15) is 21.7 Å². The van der Waals surface area contributed by atoms with E-state index in [1.807, 2.05) is 6.07 Å². The van der Waals surface area contributed by atoms with Crippen molar-refractivity contribution in [1.29, 1.82) is 5.26 Å². The summed E-state index contributed by atoms with van der Waals surface area (Å²) >= 11 is 0. The van der Waals surface area contributed by atoms with E-state index in [4.69, 9.17) is 11.0 Å². The van der Waals surface area contributed by atoms with Crippen LogP contribution < -0.4 is 5.73 Å². The summed E-state index contributed by atoms with van der Waals surface area (Å²) in [6, 6.07) is 4.72. The number of hydrogen-bond donors (Lipinski definition) is 1. The summed E-state index contributed by atoms with van der Waals surface area (Å²) in [6.45, 7) is 0.180. The second-order valence-corrected chi connectivity index (χ2v) is 2.54. The number of ether oxygens (including phenoxy) is 1. The topological polar surface area (TPSA) is 89.0 Å². The molecule has 0 amide bonds. The van der Waals surface area contributed by atoms with Gasteiger partial charge in [-0.15, -0.1) is 0 Å². The van der Waals surface area contributed by atoms with Crippen molar-refractivity contribution in [3.63, 3.8) is 0 Å². The molecule has 0 fully saturated rings. The van der Waals surface area contributed by atoms with Gasteiger partial charge in [-0.3, -0.25) is 0 Å². The second kappa shape index (κ2) is 4.35. The molecule has 0 saturated carbocycles. The van der Waals surface area contributed by atoms with Crippen molar-refractivity contribution < 1.29 is 9.53 Å². The molecule has 0 aliphatic heterocycles. The van der Waals surface area contributed by atoms with Crippen molar-refractivity contribution >= 4 is 5.97 Å². The Morgan fingerprint density at radius 3 is 2.93 bits per heavy atom. The molecule has 0 bridgehead atoms. The Hall–Kier alpha value is -1.93. The fourth-order valence-electron chi connectivity index (χ4n) is 0.985. The van der Waals surface area contributed by atoms with Gasteiger partial charge in [0.2, 0.25) is 0 Å². The molecule has 1 aromatic rings. The Morgan fingerprint density at radius 2 is 2.43 bits per heavy atom. The van der Waals surface area contributed by atoms with Crippen molar-refractivity contribution in [2.45, 2.75) is 6.54 Å². The molecule has 14 heavy (non-hydrogen) atoms. The Bertz CT molecular complexity index is 396. The number of nitrogens with zero attached hydrogens (tertiary/aromatic N) is 2. The van der Waals surface area contributed by atoms with Crippen LogP contribution in [-0.4, -0.2) is 18.1 Å². The molecular formula is C9H9N3O2. The van der Waals surface area contributed by atoms with Crippen LogP contribution in [0.5, 0.6) is 0 Å². The van der Waals surface area contributed by atoms with Crippen molar-refractivity contribution in [2.75, 3.05) is 7.11 Å². The lowest BCUT2D eigenvalue weighted by Gasteiger charge is -2.01. The summed E-state index contributed by atoms with van der Waals surface area (Å²) in [5, 5.41) is 8.63. The van der Waals surface area contributed by atoms with Gasteiger partial charge in [0, 0.05) is 6.54 Å². The Labute approximate surface area is 81.1 Å². The molecule has 0 aromatic carbocycles. The molecule has 0 atom stereocenters. The van der Waals surface area contributed by atoms with Crippen LogP contribution in [0.15, 0.2) is 12.1 Å². The first-order valence-electron chi connectivity index (χ1n) is 3.90. The molecule has 0 unspecified atom stereocenters. The van der Waals surface area contributed by atoms with E-state index in [1.165, 1.54) is 19.2 Å². The number of pyridine rings is 1. The van der Waals surface area contributed by atoms with E-state index in [2.05, 4.69) is 9.72 Å². The van der Waals surface area contributed by atoms with Gasteiger partial charge in [0.25, 0.3) is 0 Å². The number of nitriles is 1. The van der Waals surface area contributed by atoms with Crippen LogP contribution in [0, 0.1) is 11.3 Å². The van der Waals surface area contributed by atoms with E-state index in [0.717, 1.165) is 0 Å². The maximum Gasteiger partial charge on any atom is 0.338 e. The zero-order valence-electron chi connectivity index (χ0n) is 7.65. The predicted molar refractivity (Wildman–Crippen MR) is 48.2 cm³/mol. The van der Waals surface area contributed by atoms with E-state index >= 15 is 0 Å². The second-order valence-electron chi connectivity index (χ2n) is 2.54. The summed E-state index contributed by atoms with van der Waals surface area (Å²) in [5.74, 6) is -0.501. The van der Waals surface area contributed by atoms with Crippen LogP contribution in [0.25, 0.3) is 0 Å². The quantitative estimate of drug-likeness (QED) is 0.674. The summed E-state index contributed by atoms with van der Waals surface area (Å²) in [6.07, 6.45) is 0. The third-order valence-corrected chi connectivity index (χ3v) is 1.62. The number of hydrogen-bond acceptors (Lipinski definition) is 5. The molecule has 1 rings (SSSR count). The molecule has 0 saturated heterocycles. The van der Waals surface area contributed by atoms with Crippen LogP contribution in [-0.2, 0) is 11.3 Å². The Balaban J connectivity index is 3.19. The fourth-order valence-corrected chi connectivity index (χ4v) is 0.985. The third-order valence-electron chi connectivity index (χ3n) is 1.62. The molecule has 72 valence electrons. The minimum absolute atomic E-state index is 0.161. The van der Waals surface area contributed by atoms with Gasteiger partial charge < -0.3 is 10.5 Å². The van der Waals surface area contributed by atoms with Gasteiger partial charge in [0.1, 0.15) is 11.8 Å². The standard InChI is InChI=1S/C9H9N3O2/c1-14-9(13)6-2-7(4-10)12-8(3-6)5-11/h2-3H,4,10H2,1H3. The number of aromatic nitrogens is 1. The Kier molecular flexibility index (Phi) is 3.15. The van der Waals surface area contributed by atoms with Gasteiger partial charge in [-0.25, -0.2) is 9.78 Å². The predicted octanol–water partition coefficient (Wildman–Crippen LogP) is 0.199. The summed E-state index contributed by atoms with van der Waals surface area (Å²) in [4.78, 5) is 15.0. The normalized spacial score (nSPS) is 9.21. The molecule has 5 nitrogen and oxygen atoms in total. The van der Waals surface area contributed by atoms with Gasteiger partial charge >= 0.3 is 5.97 Å². The monoisotopic (exact) mass is 191 g/mol. The number of methoxy groups -OCH3 is 1. The number of rotatable bonds is 2. The molecule has 0 aliphatic carbocycles. The number of nitrogens with two attached hydrogens (primary N) is 1.